The molecule has 0 bridgehead atoms. The quantitative estimate of drug-likeness (QED) is 0.0386. The summed E-state index contributed by atoms with van der Waals surface area (Å²) in [4.78, 5) is 3.95. The summed E-state index contributed by atoms with van der Waals surface area (Å²) >= 11 is 5.32. The first-order valence-electron chi connectivity index (χ1n) is 25.8. The Morgan fingerprint density at radius 1 is 0.709 bits per heavy atom. The molecule has 7 nitrogen and oxygen atoms in total. The fourth-order valence-electron chi connectivity index (χ4n) is 10.5. The minimum absolute atomic E-state index is 0.147. The van der Waals surface area contributed by atoms with Crippen LogP contribution in [-0.2, 0) is 26.7 Å². The van der Waals surface area contributed by atoms with Crippen LogP contribution in [0.5, 0.6) is 0 Å². The molecule has 1 aromatic heterocycles. The topological polar surface area (TPSA) is 89.2 Å². The molecule has 2 aliphatic heterocycles. The number of thioether (sulfide) groups is 2. The molecule has 6 aromatic rings. The Morgan fingerprint density at radius 2 is 1.32 bits per heavy atom. The van der Waals surface area contributed by atoms with E-state index >= 15 is 0 Å². The van der Waals surface area contributed by atoms with E-state index < -0.39 is 33.4 Å². The maximum Gasteiger partial charge on any atom is 0.460 e. The summed E-state index contributed by atoms with van der Waals surface area (Å²) in [5, 5.41) is 7.74. The maximum atomic E-state index is 12.2. The lowest BCUT2D eigenvalue weighted by atomic mass is 9.78. The summed E-state index contributed by atoms with van der Waals surface area (Å²) in [5.74, 6) is -13.9. The highest BCUT2D eigenvalue weighted by atomic mass is 32.2. The first-order chi connectivity index (χ1) is 37.2. The Hall–Kier alpha value is -5.41. The molecule has 0 fully saturated rings. The molecule has 420 valence electrons. The zero-order valence-electron chi connectivity index (χ0n) is 44.2. The van der Waals surface area contributed by atoms with Gasteiger partial charge in [0.15, 0.2) is 24.5 Å². The molecule has 3 aliphatic rings. The van der Waals surface area contributed by atoms with E-state index in [4.69, 9.17) is 10.2 Å². The van der Waals surface area contributed by atoms with Crippen LogP contribution in [-0.4, -0.2) is 69.8 Å². The normalized spacial score (nSPS) is 17.8. The molecule has 0 spiro atoms. The third-order valence-corrected chi connectivity index (χ3v) is 18.8. The Bertz CT molecular complexity index is 3510. The van der Waals surface area contributed by atoms with Crippen LogP contribution < -0.4 is 4.90 Å². The van der Waals surface area contributed by atoms with Crippen molar-refractivity contribution in [2.75, 3.05) is 18.0 Å². The molecule has 0 N–H and O–H groups in total. The molecule has 79 heavy (non-hydrogen) atoms. The maximum absolute atomic E-state index is 12.2. The predicted octanol–water partition coefficient (Wildman–Crippen LogP) is 17.5. The monoisotopic (exact) mass is 1170 g/mol. The third kappa shape index (κ3) is 11.6. The van der Waals surface area contributed by atoms with Crippen molar-refractivity contribution in [3.8, 4) is 0 Å². The summed E-state index contributed by atoms with van der Waals surface area (Å²) in [6, 6.07) is 37.9. The molecule has 20 heteroatoms. The summed E-state index contributed by atoms with van der Waals surface area (Å²) in [5.41, 5.74) is 12.2. The van der Waals surface area contributed by atoms with Gasteiger partial charge in [0, 0.05) is 58.1 Å². The molecule has 0 atom stereocenters. The van der Waals surface area contributed by atoms with Gasteiger partial charge in [-0.05, 0) is 102 Å². The first kappa shape index (κ1) is 59.7. The van der Waals surface area contributed by atoms with Gasteiger partial charge >= 0.3 is 23.3 Å². The zero-order chi connectivity index (χ0) is 57.3. The van der Waals surface area contributed by atoms with Crippen LogP contribution in [0.3, 0.4) is 0 Å². The van der Waals surface area contributed by atoms with Gasteiger partial charge in [-0.25, -0.2) is 8.42 Å². The number of hydrogen-bond donors (Lipinski definition) is 0. The van der Waals surface area contributed by atoms with Crippen LogP contribution in [0.2, 0.25) is 0 Å². The smallest absolute Gasteiger partial charge is 0.460 e. The van der Waals surface area contributed by atoms with Crippen molar-refractivity contribution >= 4 is 83.6 Å². The molecule has 0 amide bonds. The minimum Gasteiger partial charge on any atom is -0.743 e. The minimum atomic E-state index is -7.43. The van der Waals surface area contributed by atoms with E-state index in [-0.39, 0.29) is 10.8 Å². The lowest BCUT2D eigenvalue weighted by molar-refractivity contribution is -0.438. The van der Waals surface area contributed by atoms with Crippen molar-refractivity contribution in [3.63, 3.8) is 0 Å². The number of nitrogens with zero attached hydrogens (tertiary/aromatic N) is 4. The van der Waals surface area contributed by atoms with Crippen molar-refractivity contribution in [3.05, 3.63) is 166 Å². The summed E-state index contributed by atoms with van der Waals surface area (Å²) in [6.07, 6.45) is 10.5. The molecule has 0 radical (unpaired) electrons. The van der Waals surface area contributed by atoms with Gasteiger partial charge in [-0.3, -0.25) is 0 Å². The number of allylic oxidation sites excluding steroid dienone is 7. The van der Waals surface area contributed by atoms with Crippen LogP contribution in [0.4, 0.5) is 50.9 Å². The Labute approximate surface area is 467 Å². The number of anilines is 1. The number of alkyl halides is 9. The van der Waals surface area contributed by atoms with Crippen LogP contribution in [0, 0.1) is 0 Å². The highest BCUT2D eigenvalue weighted by Gasteiger charge is 2.83. The summed E-state index contributed by atoms with van der Waals surface area (Å²) in [7, 11) is -7.42. The lowest BCUT2D eigenvalue weighted by Crippen LogP contribution is -2.63. The average molecular weight is 1170 g/mol. The van der Waals surface area contributed by atoms with Gasteiger partial charge in [0.05, 0.1) is 5.41 Å². The molecule has 9 rings (SSSR count). The van der Waals surface area contributed by atoms with Crippen molar-refractivity contribution in [2.45, 2.75) is 135 Å². The molecule has 1 aliphatic carbocycles. The molecular weight excluding hydrogens is 1110 g/mol. The highest BCUT2D eigenvalue weighted by molar-refractivity contribution is 8.05. The molecule has 0 unspecified atom stereocenters. The van der Waals surface area contributed by atoms with Gasteiger partial charge in [-0.1, -0.05) is 172 Å². The van der Waals surface area contributed by atoms with Crippen molar-refractivity contribution < 1.29 is 57.1 Å². The van der Waals surface area contributed by atoms with E-state index in [2.05, 4.69) is 178 Å². The second-order valence-corrected chi connectivity index (χ2v) is 25.5. The van der Waals surface area contributed by atoms with Crippen LogP contribution in [0.25, 0.3) is 21.5 Å². The van der Waals surface area contributed by atoms with Crippen molar-refractivity contribution in [2.24, 2.45) is 0 Å². The number of halogens is 9. The van der Waals surface area contributed by atoms with E-state index in [1.165, 1.54) is 77.1 Å². The summed E-state index contributed by atoms with van der Waals surface area (Å²) in [6.45, 7) is 16.3. The highest BCUT2D eigenvalue weighted by Crippen LogP contribution is 2.55. The van der Waals surface area contributed by atoms with E-state index in [0.717, 1.165) is 72.5 Å². The van der Waals surface area contributed by atoms with Gasteiger partial charge in [0.25, 0.3) is 0 Å². The molecular formula is C59H59F9N4O3S4. The standard InChI is InChI=1S/C55H59N4S3.C4HF9O3S/c1-7-9-35-58-45-31-27-39-21-14-16-25-43(39)49(45)54(3,4)47(58)33-29-41-23-18-24-42(51(41)61-53-57-56-52(62-53)60-37-38-19-12-11-13-20-38)30-34-48-55(5,6)50-44-26-17-15-22-40(44)28-32-46(50)59(48)36-10-8-2;5-1(6,3(9,10)11)2(7,8)4(12,13)17(14,15)16/h11-17,19-22,25-34H,7-10,18,23-24,35-37H2,1-6H3;(H,14,15,16)/q+1;/p-1. The number of aromatic nitrogens is 2. The number of fused-ring (bicyclic) bond motifs is 6. The van der Waals surface area contributed by atoms with Crippen molar-refractivity contribution in [1.29, 1.82) is 0 Å². The van der Waals surface area contributed by atoms with Gasteiger partial charge in [0.1, 0.15) is 6.54 Å². The molecule has 3 heterocycles. The Morgan fingerprint density at radius 3 is 1.95 bits per heavy atom. The number of hydrogen-bond acceptors (Lipinski definition) is 9. The SMILES string of the molecule is CCCCN1/C(=C/C=C2\CCCC(/C=C/C3=[N+](CCCC)c4ccc5ccccc5c4C3(C)C)=C2Sc2nnc(SCc3ccccc3)s2)C(C)(C)c2c1ccc1ccccc21.O=S(=O)([O-])C(F)(F)C(F)(F)C(F)(F)C(F)(F)F. The fraction of sp³-hybridized carbons (Fsp3) is 0.373. The van der Waals surface area contributed by atoms with E-state index in [9.17, 15) is 52.5 Å². The summed E-state index contributed by atoms with van der Waals surface area (Å²) < 4.78 is 140. The third-order valence-electron chi connectivity index (χ3n) is 14.6. The van der Waals surface area contributed by atoms with Gasteiger partial charge in [0.2, 0.25) is 5.69 Å². The van der Waals surface area contributed by atoms with Crippen LogP contribution in [0.15, 0.2) is 158 Å². The first-order valence-corrected chi connectivity index (χ1v) is 29.8. The van der Waals surface area contributed by atoms with E-state index in [1.54, 1.807) is 23.1 Å². The number of rotatable bonds is 17. The lowest BCUT2D eigenvalue weighted by Gasteiger charge is -2.34. The molecule has 0 saturated carbocycles. The number of benzene rings is 5. The molecule has 5 aromatic carbocycles. The second kappa shape index (κ2) is 23.2. The number of unbranched alkanes of at least 4 members (excludes halogenated alkanes) is 2. The van der Waals surface area contributed by atoms with Crippen molar-refractivity contribution in [1.82, 2.24) is 10.2 Å². The van der Waals surface area contributed by atoms with Crippen LogP contribution in [0.1, 0.15) is 103 Å². The molecule has 0 saturated heterocycles. The second-order valence-electron chi connectivity index (χ2n) is 20.6. The van der Waals surface area contributed by atoms with Gasteiger partial charge in [-0.2, -0.15) is 44.1 Å². The van der Waals surface area contributed by atoms with Gasteiger partial charge < -0.3 is 9.45 Å². The van der Waals surface area contributed by atoms with E-state index in [0.29, 0.717) is 0 Å². The largest absolute Gasteiger partial charge is 0.743 e. The van der Waals surface area contributed by atoms with Gasteiger partial charge in [-0.15, -0.1) is 10.2 Å². The average Bonchev–Trinajstić information content (AvgIpc) is 4.28. The Kier molecular flexibility index (Phi) is 17.5. The zero-order valence-corrected chi connectivity index (χ0v) is 47.5. The van der Waals surface area contributed by atoms with Crippen LogP contribution >= 0.6 is 34.9 Å². The van der Waals surface area contributed by atoms with E-state index in [1.807, 2.05) is 11.8 Å². The fourth-order valence-corrected chi connectivity index (χ4v) is 14.2. The predicted molar refractivity (Wildman–Crippen MR) is 299 cm³/mol. The Balaban J connectivity index is 0.000000418.